The first-order valence-corrected chi connectivity index (χ1v) is 5.43. The third kappa shape index (κ3) is 4.23. The summed E-state index contributed by atoms with van der Waals surface area (Å²) in [6.45, 7) is 6.39. The second kappa shape index (κ2) is 6.54. The normalized spacial score (nSPS) is 12.0. The minimum absolute atomic E-state index is 0. The second-order valence-electron chi connectivity index (χ2n) is 4.52. The average molecular weight is 241 g/mol. The highest BCUT2D eigenvalue weighted by Gasteiger charge is 2.07. The van der Waals surface area contributed by atoms with Crippen molar-refractivity contribution in [2.75, 3.05) is 0 Å². The van der Waals surface area contributed by atoms with Crippen molar-refractivity contribution in [3.63, 3.8) is 0 Å². The standard InChI is InChI=1S/C13H20N2.ClH/c1-9(2)8-11-4-6-12(7-5-11)10(3)13(14)15;/h4-7,9-10H,8H2,1-3H3,(H3,14,15);1H. The van der Waals surface area contributed by atoms with Gasteiger partial charge in [0.05, 0.1) is 5.84 Å². The Labute approximate surface area is 104 Å². The molecule has 90 valence electrons. The molecule has 0 saturated carbocycles. The molecule has 1 rings (SSSR count). The summed E-state index contributed by atoms with van der Waals surface area (Å²) < 4.78 is 0. The molecule has 0 aromatic heterocycles. The van der Waals surface area contributed by atoms with E-state index in [-0.39, 0.29) is 24.2 Å². The molecule has 1 atom stereocenters. The molecule has 1 aromatic carbocycles. The fourth-order valence-corrected chi connectivity index (χ4v) is 1.59. The van der Waals surface area contributed by atoms with Crippen molar-refractivity contribution in [1.82, 2.24) is 0 Å². The van der Waals surface area contributed by atoms with Gasteiger partial charge in [0.15, 0.2) is 0 Å². The Hall–Kier alpha value is -1.02. The third-order valence-electron chi connectivity index (χ3n) is 2.59. The topological polar surface area (TPSA) is 49.9 Å². The number of hydrogen-bond acceptors (Lipinski definition) is 1. The highest BCUT2D eigenvalue weighted by Crippen LogP contribution is 2.16. The first-order valence-electron chi connectivity index (χ1n) is 5.43. The van der Waals surface area contributed by atoms with Crippen molar-refractivity contribution in [2.24, 2.45) is 11.7 Å². The highest BCUT2D eigenvalue weighted by molar-refractivity contribution is 5.85. The van der Waals surface area contributed by atoms with Crippen LogP contribution >= 0.6 is 12.4 Å². The number of rotatable bonds is 4. The summed E-state index contributed by atoms with van der Waals surface area (Å²) in [5, 5.41) is 7.38. The van der Waals surface area contributed by atoms with Crippen LogP contribution in [0, 0.1) is 11.3 Å². The van der Waals surface area contributed by atoms with Crippen molar-refractivity contribution in [1.29, 1.82) is 5.41 Å². The summed E-state index contributed by atoms with van der Waals surface area (Å²) in [5.41, 5.74) is 7.94. The maximum absolute atomic E-state index is 7.38. The van der Waals surface area contributed by atoms with Gasteiger partial charge in [0.2, 0.25) is 0 Å². The number of nitrogens with two attached hydrogens (primary N) is 1. The zero-order chi connectivity index (χ0) is 11.4. The van der Waals surface area contributed by atoms with Gasteiger partial charge >= 0.3 is 0 Å². The average Bonchev–Trinajstić information content (AvgIpc) is 2.17. The van der Waals surface area contributed by atoms with E-state index in [1.807, 2.05) is 6.92 Å². The van der Waals surface area contributed by atoms with Gasteiger partial charge in [-0.25, -0.2) is 0 Å². The van der Waals surface area contributed by atoms with E-state index in [0.717, 1.165) is 12.0 Å². The van der Waals surface area contributed by atoms with E-state index in [1.54, 1.807) is 0 Å². The van der Waals surface area contributed by atoms with Gasteiger partial charge in [0, 0.05) is 5.92 Å². The van der Waals surface area contributed by atoms with Gasteiger partial charge in [0.25, 0.3) is 0 Å². The maximum atomic E-state index is 7.38. The summed E-state index contributed by atoms with van der Waals surface area (Å²) in [5.74, 6) is 0.936. The number of halogens is 1. The molecule has 2 nitrogen and oxygen atoms in total. The lowest BCUT2D eigenvalue weighted by Crippen LogP contribution is -2.17. The fourth-order valence-electron chi connectivity index (χ4n) is 1.59. The fraction of sp³-hybridized carbons (Fsp3) is 0.462. The maximum Gasteiger partial charge on any atom is 0.0979 e. The van der Waals surface area contributed by atoms with Gasteiger partial charge in [-0.05, 0) is 23.5 Å². The van der Waals surface area contributed by atoms with Crippen LogP contribution in [0.4, 0.5) is 0 Å². The Morgan fingerprint density at radius 2 is 1.69 bits per heavy atom. The molecule has 0 aliphatic heterocycles. The van der Waals surface area contributed by atoms with E-state index in [1.165, 1.54) is 5.56 Å². The number of nitrogens with one attached hydrogen (secondary N) is 1. The Morgan fingerprint density at radius 3 is 2.06 bits per heavy atom. The molecule has 0 fully saturated rings. The van der Waals surface area contributed by atoms with Crippen LogP contribution in [0.15, 0.2) is 24.3 Å². The van der Waals surface area contributed by atoms with Gasteiger partial charge in [-0.1, -0.05) is 45.0 Å². The molecule has 1 aromatic rings. The molecule has 0 radical (unpaired) electrons. The molecular formula is C13H21ClN2. The van der Waals surface area contributed by atoms with Crippen LogP contribution in [0.1, 0.15) is 37.8 Å². The van der Waals surface area contributed by atoms with Gasteiger partial charge in [0.1, 0.15) is 0 Å². The molecule has 0 bridgehead atoms. The quantitative estimate of drug-likeness (QED) is 0.616. The van der Waals surface area contributed by atoms with E-state index in [2.05, 4.69) is 38.1 Å². The Morgan fingerprint density at radius 1 is 1.19 bits per heavy atom. The molecule has 0 spiro atoms. The molecule has 0 aliphatic carbocycles. The number of hydrogen-bond donors (Lipinski definition) is 2. The summed E-state index contributed by atoms with van der Waals surface area (Å²) in [7, 11) is 0. The first-order chi connectivity index (χ1) is 7.00. The molecule has 3 N–H and O–H groups in total. The molecule has 1 unspecified atom stereocenters. The monoisotopic (exact) mass is 240 g/mol. The largest absolute Gasteiger partial charge is 0.387 e. The lowest BCUT2D eigenvalue weighted by molar-refractivity contribution is 0.647. The van der Waals surface area contributed by atoms with E-state index in [9.17, 15) is 0 Å². The SMILES string of the molecule is CC(C)Cc1ccc(C(C)C(=N)N)cc1.Cl. The number of amidine groups is 1. The van der Waals surface area contributed by atoms with Gasteiger partial charge < -0.3 is 5.73 Å². The molecule has 3 heteroatoms. The van der Waals surface area contributed by atoms with Crippen LogP contribution in [0.5, 0.6) is 0 Å². The second-order valence-corrected chi connectivity index (χ2v) is 4.52. The zero-order valence-corrected chi connectivity index (χ0v) is 11.0. The van der Waals surface area contributed by atoms with Crippen LogP contribution in [-0.2, 0) is 6.42 Å². The van der Waals surface area contributed by atoms with Gasteiger partial charge in [-0.15, -0.1) is 12.4 Å². The van der Waals surface area contributed by atoms with E-state index >= 15 is 0 Å². The van der Waals surface area contributed by atoms with Gasteiger partial charge in [-0.2, -0.15) is 0 Å². The summed E-state index contributed by atoms with van der Waals surface area (Å²) >= 11 is 0. The van der Waals surface area contributed by atoms with Crippen molar-refractivity contribution in [3.05, 3.63) is 35.4 Å². The molecule has 0 heterocycles. The van der Waals surface area contributed by atoms with Crippen LogP contribution < -0.4 is 5.73 Å². The summed E-state index contributed by atoms with van der Waals surface area (Å²) in [6, 6.07) is 8.41. The van der Waals surface area contributed by atoms with Gasteiger partial charge in [-0.3, -0.25) is 5.41 Å². The van der Waals surface area contributed by atoms with E-state index in [0.29, 0.717) is 5.92 Å². The minimum Gasteiger partial charge on any atom is -0.387 e. The van der Waals surface area contributed by atoms with Crippen molar-refractivity contribution >= 4 is 18.2 Å². The van der Waals surface area contributed by atoms with Crippen LogP contribution in [0.25, 0.3) is 0 Å². The molecule has 0 aliphatic rings. The highest BCUT2D eigenvalue weighted by atomic mass is 35.5. The lowest BCUT2D eigenvalue weighted by Gasteiger charge is -2.11. The van der Waals surface area contributed by atoms with Crippen molar-refractivity contribution in [3.8, 4) is 0 Å². The Kier molecular flexibility index (Phi) is 6.12. The minimum atomic E-state index is 0. The first kappa shape index (κ1) is 15.0. The lowest BCUT2D eigenvalue weighted by atomic mass is 9.96. The third-order valence-corrected chi connectivity index (χ3v) is 2.59. The molecule has 0 amide bonds. The van der Waals surface area contributed by atoms with E-state index in [4.69, 9.17) is 11.1 Å². The predicted molar refractivity (Wildman–Crippen MR) is 72.6 cm³/mol. The Bertz CT molecular complexity index is 330. The smallest absolute Gasteiger partial charge is 0.0979 e. The van der Waals surface area contributed by atoms with Crippen molar-refractivity contribution < 1.29 is 0 Å². The number of benzene rings is 1. The van der Waals surface area contributed by atoms with Crippen molar-refractivity contribution in [2.45, 2.75) is 33.1 Å². The Balaban J connectivity index is 0.00000225. The van der Waals surface area contributed by atoms with Crippen LogP contribution in [0.3, 0.4) is 0 Å². The van der Waals surface area contributed by atoms with Crippen LogP contribution in [0.2, 0.25) is 0 Å². The summed E-state index contributed by atoms with van der Waals surface area (Å²) in [4.78, 5) is 0. The molecular weight excluding hydrogens is 220 g/mol. The molecule has 16 heavy (non-hydrogen) atoms. The molecule has 0 saturated heterocycles. The summed E-state index contributed by atoms with van der Waals surface area (Å²) in [6.07, 6.45) is 1.11. The van der Waals surface area contributed by atoms with Crippen LogP contribution in [-0.4, -0.2) is 5.84 Å². The van der Waals surface area contributed by atoms with E-state index < -0.39 is 0 Å². The zero-order valence-electron chi connectivity index (χ0n) is 10.2. The predicted octanol–water partition coefficient (Wildman–Crippen LogP) is 3.35.